The lowest BCUT2D eigenvalue weighted by Crippen LogP contribution is -2.47. The van der Waals surface area contributed by atoms with Gasteiger partial charge in [0, 0.05) is 25.1 Å². The number of carbonyl (C=O) groups is 1. The van der Waals surface area contributed by atoms with E-state index >= 15 is 0 Å². The summed E-state index contributed by atoms with van der Waals surface area (Å²) in [5.41, 5.74) is 6.61. The summed E-state index contributed by atoms with van der Waals surface area (Å²) in [6, 6.07) is 3.19. The van der Waals surface area contributed by atoms with Crippen molar-refractivity contribution in [1.29, 1.82) is 0 Å². The van der Waals surface area contributed by atoms with E-state index in [1.807, 2.05) is 0 Å². The summed E-state index contributed by atoms with van der Waals surface area (Å²) in [7, 11) is 1.53. The standard InChI is InChI=1S/C15H18ClN3O2/c1-21-13-5-12(17)11(16)4-8(13)14(20)18-15-7-19-3-2-9(15)10(15)6-19/h4-5,9-10H,2-3,6-7,17H2,1H3,(H,18,20). The normalized spacial score (nSPS) is 35.4. The highest BCUT2D eigenvalue weighted by Crippen LogP contribution is 2.60. The van der Waals surface area contributed by atoms with Crippen molar-refractivity contribution in [3.8, 4) is 5.75 Å². The molecule has 6 heteroatoms. The van der Waals surface area contributed by atoms with E-state index in [1.54, 1.807) is 12.1 Å². The average molecular weight is 308 g/mol. The third-order valence-electron chi connectivity index (χ3n) is 5.31. The maximum Gasteiger partial charge on any atom is 0.255 e. The first-order valence-corrected chi connectivity index (χ1v) is 7.61. The van der Waals surface area contributed by atoms with E-state index in [1.165, 1.54) is 13.5 Å². The van der Waals surface area contributed by atoms with Crippen LogP contribution in [-0.4, -0.2) is 43.1 Å². The smallest absolute Gasteiger partial charge is 0.255 e. The maximum absolute atomic E-state index is 12.6. The van der Waals surface area contributed by atoms with Gasteiger partial charge in [-0.05, 0) is 24.9 Å². The van der Waals surface area contributed by atoms with Crippen LogP contribution in [0.5, 0.6) is 5.75 Å². The van der Waals surface area contributed by atoms with Crippen molar-refractivity contribution >= 4 is 23.2 Å². The lowest BCUT2D eigenvalue weighted by atomic mass is 10.0. The second-order valence-electron chi connectivity index (χ2n) is 6.31. The van der Waals surface area contributed by atoms with Crippen molar-refractivity contribution < 1.29 is 9.53 Å². The Hall–Kier alpha value is -1.46. The molecular formula is C15H18ClN3O2. The molecule has 4 fully saturated rings. The first-order valence-electron chi connectivity index (χ1n) is 7.23. The summed E-state index contributed by atoms with van der Waals surface area (Å²) in [5, 5.41) is 3.62. The van der Waals surface area contributed by atoms with Crippen molar-refractivity contribution in [3.63, 3.8) is 0 Å². The van der Waals surface area contributed by atoms with Crippen molar-refractivity contribution in [1.82, 2.24) is 10.2 Å². The highest BCUT2D eigenvalue weighted by molar-refractivity contribution is 6.33. The first kappa shape index (κ1) is 13.2. The Labute approximate surface area is 128 Å². The van der Waals surface area contributed by atoms with E-state index in [9.17, 15) is 4.79 Å². The van der Waals surface area contributed by atoms with E-state index in [0.717, 1.165) is 19.6 Å². The number of rotatable bonds is 3. The van der Waals surface area contributed by atoms with Crippen LogP contribution in [0.25, 0.3) is 0 Å². The molecule has 5 rings (SSSR count). The van der Waals surface area contributed by atoms with Crippen LogP contribution < -0.4 is 15.8 Å². The number of amides is 1. The molecule has 1 aromatic carbocycles. The summed E-state index contributed by atoms with van der Waals surface area (Å²) < 4.78 is 5.27. The van der Waals surface area contributed by atoms with E-state index in [4.69, 9.17) is 22.1 Å². The van der Waals surface area contributed by atoms with Gasteiger partial charge in [0.05, 0.1) is 28.9 Å². The zero-order valence-electron chi connectivity index (χ0n) is 11.9. The quantitative estimate of drug-likeness (QED) is 0.828. The number of methoxy groups -OCH3 is 1. The van der Waals surface area contributed by atoms with Crippen LogP contribution in [0.1, 0.15) is 16.8 Å². The first-order chi connectivity index (χ1) is 10.0. The second-order valence-corrected chi connectivity index (χ2v) is 6.71. The molecule has 21 heavy (non-hydrogen) atoms. The fourth-order valence-corrected chi connectivity index (χ4v) is 4.38. The molecule has 1 aromatic rings. The molecule has 3 saturated heterocycles. The summed E-state index contributed by atoms with van der Waals surface area (Å²) in [6.07, 6.45) is 1.19. The van der Waals surface area contributed by atoms with Gasteiger partial charge in [0.15, 0.2) is 0 Å². The molecular weight excluding hydrogens is 290 g/mol. The van der Waals surface area contributed by atoms with Crippen LogP contribution >= 0.6 is 11.6 Å². The van der Waals surface area contributed by atoms with Crippen molar-refractivity contribution in [3.05, 3.63) is 22.7 Å². The van der Waals surface area contributed by atoms with Gasteiger partial charge in [-0.2, -0.15) is 0 Å². The van der Waals surface area contributed by atoms with E-state index in [2.05, 4.69) is 10.2 Å². The number of hydrogen-bond donors (Lipinski definition) is 2. The molecule has 0 spiro atoms. The third-order valence-corrected chi connectivity index (χ3v) is 5.63. The molecule has 5 nitrogen and oxygen atoms in total. The largest absolute Gasteiger partial charge is 0.496 e. The van der Waals surface area contributed by atoms with Crippen LogP contribution in [0, 0.1) is 11.8 Å². The van der Waals surface area contributed by atoms with Gasteiger partial charge in [0.1, 0.15) is 5.75 Å². The SMILES string of the molecule is COc1cc(N)c(Cl)cc1C(=O)NC12CN3CCC1C2C3. The Bertz CT molecular complexity index is 630. The number of fused-ring (bicyclic) bond motifs is 1. The number of halogens is 1. The van der Waals surface area contributed by atoms with Gasteiger partial charge in [0.25, 0.3) is 5.91 Å². The fourth-order valence-electron chi connectivity index (χ4n) is 4.21. The predicted octanol–water partition coefficient (Wildman–Crippen LogP) is 1.36. The zero-order chi connectivity index (χ0) is 14.8. The minimum Gasteiger partial charge on any atom is -0.496 e. The van der Waals surface area contributed by atoms with Gasteiger partial charge >= 0.3 is 0 Å². The average Bonchev–Trinajstić information content (AvgIpc) is 2.97. The number of anilines is 1. The van der Waals surface area contributed by atoms with Crippen LogP contribution in [0.4, 0.5) is 5.69 Å². The number of hydrogen-bond acceptors (Lipinski definition) is 4. The zero-order valence-corrected chi connectivity index (χ0v) is 12.6. The van der Waals surface area contributed by atoms with E-state index in [-0.39, 0.29) is 11.4 Å². The van der Waals surface area contributed by atoms with Crippen LogP contribution in [0.3, 0.4) is 0 Å². The Kier molecular flexibility index (Phi) is 2.69. The number of nitrogens with zero attached hydrogens (tertiary/aromatic N) is 1. The molecule has 4 bridgehead atoms. The molecule has 1 saturated carbocycles. The Morgan fingerprint density at radius 1 is 1.52 bits per heavy atom. The molecule has 3 N–H and O–H groups in total. The molecule has 4 atom stereocenters. The van der Waals surface area contributed by atoms with Gasteiger partial charge < -0.3 is 20.7 Å². The molecule has 4 unspecified atom stereocenters. The van der Waals surface area contributed by atoms with Crippen LogP contribution in [-0.2, 0) is 0 Å². The van der Waals surface area contributed by atoms with Crippen molar-refractivity contribution in [2.24, 2.45) is 11.8 Å². The highest BCUT2D eigenvalue weighted by atomic mass is 35.5. The van der Waals surface area contributed by atoms with E-state index < -0.39 is 0 Å². The summed E-state index contributed by atoms with van der Waals surface area (Å²) >= 11 is 6.04. The van der Waals surface area contributed by atoms with Crippen molar-refractivity contribution in [2.45, 2.75) is 12.0 Å². The number of piperidine rings is 3. The molecule has 4 aliphatic rings. The number of nitrogens with two attached hydrogens (primary N) is 1. The van der Waals surface area contributed by atoms with E-state index in [0.29, 0.717) is 33.9 Å². The molecule has 1 aliphatic carbocycles. The fraction of sp³-hybridized carbons (Fsp3) is 0.533. The monoisotopic (exact) mass is 307 g/mol. The number of carbonyl (C=O) groups excluding carboxylic acids is 1. The van der Waals surface area contributed by atoms with Gasteiger partial charge in [0.2, 0.25) is 0 Å². The summed E-state index contributed by atoms with van der Waals surface area (Å²) in [4.78, 5) is 15.1. The second kappa shape index (κ2) is 4.27. The Morgan fingerprint density at radius 3 is 2.90 bits per heavy atom. The molecule has 3 heterocycles. The lowest BCUT2D eigenvalue weighted by molar-refractivity contribution is 0.0906. The number of nitrogen functional groups attached to an aromatic ring is 1. The summed E-state index contributed by atoms with van der Waals surface area (Å²) in [6.45, 7) is 3.25. The lowest BCUT2D eigenvalue weighted by Gasteiger charge is -2.30. The van der Waals surface area contributed by atoms with Crippen LogP contribution in [0.15, 0.2) is 12.1 Å². The van der Waals surface area contributed by atoms with Gasteiger partial charge in [-0.15, -0.1) is 0 Å². The molecule has 1 amide bonds. The van der Waals surface area contributed by atoms with Crippen molar-refractivity contribution in [2.75, 3.05) is 32.5 Å². The Morgan fingerprint density at radius 2 is 2.33 bits per heavy atom. The van der Waals surface area contributed by atoms with Crippen LogP contribution in [0.2, 0.25) is 5.02 Å². The number of benzene rings is 1. The molecule has 3 aliphatic heterocycles. The molecule has 0 aromatic heterocycles. The van der Waals surface area contributed by atoms with Gasteiger partial charge in [-0.25, -0.2) is 0 Å². The molecule has 112 valence electrons. The third kappa shape index (κ3) is 1.77. The predicted molar refractivity (Wildman–Crippen MR) is 80.7 cm³/mol. The number of nitrogens with one attached hydrogen (secondary N) is 1. The molecule has 0 radical (unpaired) electrons. The van der Waals surface area contributed by atoms with Gasteiger partial charge in [-0.3, -0.25) is 4.79 Å². The summed E-state index contributed by atoms with van der Waals surface area (Å²) in [5.74, 6) is 1.60. The van der Waals surface area contributed by atoms with Gasteiger partial charge in [-0.1, -0.05) is 11.6 Å². The minimum absolute atomic E-state index is 0.0196. The topological polar surface area (TPSA) is 67.6 Å². The minimum atomic E-state index is -0.120. The highest BCUT2D eigenvalue weighted by Gasteiger charge is 2.71. The Balaban J connectivity index is 1.60. The number of ether oxygens (including phenoxy) is 1. The maximum atomic E-state index is 12.6.